The molecule has 0 heterocycles. The summed E-state index contributed by atoms with van der Waals surface area (Å²) >= 11 is 5.93. The van der Waals surface area contributed by atoms with E-state index < -0.39 is 0 Å². The quantitative estimate of drug-likeness (QED) is 0.417. The summed E-state index contributed by atoms with van der Waals surface area (Å²) in [5, 5.41) is 0.393. The predicted molar refractivity (Wildman–Crippen MR) is 109 cm³/mol. The zero-order valence-corrected chi connectivity index (χ0v) is 17.8. The van der Waals surface area contributed by atoms with Crippen molar-refractivity contribution < 1.29 is 9.18 Å². The molecule has 26 heavy (non-hydrogen) atoms. The summed E-state index contributed by atoms with van der Waals surface area (Å²) in [6.45, 7) is 12.1. The van der Waals surface area contributed by atoms with E-state index in [9.17, 15) is 9.18 Å². The summed E-state index contributed by atoms with van der Waals surface area (Å²) in [7, 11) is 0. The van der Waals surface area contributed by atoms with Crippen LogP contribution in [0.15, 0.2) is 18.2 Å². The van der Waals surface area contributed by atoms with Gasteiger partial charge < -0.3 is 4.90 Å². The standard InChI is InChI=1S/C22H35ClFNO/c1-6-12-25(13-7-2)22(26)20(14-16(5)8-3)18(9-4)19-11-10-17(23)15-21(19)24/h10-11,15-16,18,20H,6-9,12-14H2,1-5H3/t16?,18-,20?/m0/s1. The second kappa shape index (κ2) is 11.6. The predicted octanol–water partition coefficient (Wildman–Crippen LogP) is 6.67. The van der Waals surface area contributed by atoms with Crippen molar-refractivity contribution in [3.05, 3.63) is 34.6 Å². The van der Waals surface area contributed by atoms with E-state index in [-0.39, 0.29) is 23.6 Å². The molecule has 1 aromatic carbocycles. The number of halogens is 2. The largest absolute Gasteiger partial charge is 0.342 e. The van der Waals surface area contributed by atoms with E-state index in [1.165, 1.54) is 6.07 Å². The smallest absolute Gasteiger partial charge is 0.226 e. The van der Waals surface area contributed by atoms with Gasteiger partial charge in [-0.05, 0) is 55.2 Å². The Morgan fingerprint density at radius 3 is 2.19 bits per heavy atom. The Labute approximate surface area is 164 Å². The van der Waals surface area contributed by atoms with E-state index in [4.69, 9.17) is 11.6 Å². The monoisotopic (exact) mass is 383 g/mol. The lowest BCUT2D eigenvalue weighted by Crippen LogP contribution is -2.40. The molecule has 148 valence electrons. The third kappa shape index (κ3) is 6.26. The molecule has 0 radical (unpaired) electrons. The van der Waals surface area contributed by atoms with Gasteiger partial charge in [-0.1, -0.05) is 58.7 Å². The average molecular weight is 384 g/mol. The highest BCUT2D eigenvalue weighted by molar-refractivity contribution is 6.30. The van der Waals surface area contributed by atoms with E-state index in [1.54, 1.807) is 12.1 Å². The van der Waals surface area contributed by atoms with Gasteiger partial charge in [-0.25, -0.2) is 4.39 Å². The molecule has 0 aliphatic carbocycles. The molecule has 2 unspecified atom stereocenters. The number of hydrogen-bond donors (Lipinski definition) is 0. The number of carbonyl (C=O) groups excluding carboxylic acids is 1. The zero-order valence-electron chi connectivity index (χ0n) is 17.0. The number of hydrogen-bond acceptors (Lipinski definition) is 1. The molecule has 0 aliphatic heterocycles. The minimum atomic E-state index is -0.302. The van der Waals surface area contributed by atoms with E-state index in [0.29, 0.717) is 16.5 Å². The van der Waals surface area contributed by atoms with Gasteiger partial charge in [0.2, 0.25) is 5.91 Å². The van der Waals surface area contributed by atoms with Crippen LogP contribution in [0.5, 0.6) is 0 Å². The van der Waals surface area contributed by atoms with Crippen LogP contribution >= 0.6 is 11.6 Å². The third-order valence-electron chi connectivity index (χ3n) is 5.26. The van der Waals surface area contributed by atoms with Crippen molar-refractivity contribution >= 4 is 17.5 Å². The van der Waals surface area contributed by atoms with Crippen molar-refractivity contribution in [2.45, 2.75) is 72.6 Å². The highest BCUT2D eigenvalue weighted by Gasteiger charge is 2.33. The lowest BCUT2D eigenvalue weighted by Gasteiger charge is -2.33. The third-order valence-corrected chi connectivity index (χ3v) is 5.49. The van der Waals surface area contributed by atoms with Crippen LogP contribution < -0.4 is 0 Å². The highest BCUT2D eigenvalue weighted by Crippen LogP contribution is 2.36. The number of carbonyl (C=O) groups is 1. The second-order valence-corrected chi connectivity index (χ2v) is 7.80. The van der Waals surface area contributed by atoms with Crippen molar-refractivity contribution in [2.75, 3.05) is 13.1 Å². The Balaban J connectivity index is 3.25. The zero-order chi connectivity index (χ0) is 19.7. The first-order valence-corrected chi connectivity index (χ1v) is 10.5. The Kier molecular flexibility index (Phi) is 10.2. The van der Waals surface area contributed by atoms with Crippen LogP contribution in [-0.4, -0.2) is 23.9 Å². The number of amides is 1. The summed E-state index contributed by atoms with van der Waals surface area (Å²) in [5.74, 6) is -0.00814. The van der Waals surface area contributed by atoms with Crippen LogP contribution in [0, 0.1) is 17.7 Å². The molecular weight excluding hydrogens is 349 g/mol. The van der Waals surface area contributed by atoms with Gasteiger partial charge in [0.25, 0.3) is 0 Å². The van der Waals surface area contributed by atoms with Crippen LogP contribution in [0.2, 0.25) is 5.02 Å². The molecule has 4 heteroatoms. The van der Waals surface area contributed by atoms with Gasteiger partial charge in [0, 0.05) is 24.0 Å². The lowest BCUT2D eigenvalue weighted by molar-refractivity contribution is -0.137. The maximum atomic E-state index is 14.6. The van der Waals surface area contributed by atoms with Crippen LogP contribution in [0.3, 0.4) is 0 Å². The van der Waals surface area contributed by atoms with E-state index in [1.807, 2.05) is 11.8 Å². The fourth-order valence-electron chi connectivity index (χ4n) is 3.67. The minimum Gasteiger partial charge on any atom is -0.342 e. The number of benzene rings is 1. The van der Waals surface area contributed by atoms with Crippen LogP contribution in [0.4, 0.5) is 4.39 Å². The van der Waals surface area contributed by atoms with E-state index in [2.05, 4.69) is 27.7 Å². The Bertz CT molecular complexity index is 557. The average Bonchev–Trinajstić information content (AvgIpc) is 2.61. The molecule has 0 spiro atoms. The topological polar surface area (TPSA) is 20.3 Å². The lowest BCUT2D eigenvalue weighted by atomic mass is 9.77. The molecule has 3 atom stereocenters. The molecule has 1 rings (SSSR count). The molecule has 1 amide bonds. The molecular formula is C22H35ClFNO. The van der Waals surface area contributed by atoms with Gasteiger partial charge in [-0.3, -0.25) is 4.79 Å². The normalized spacial score (nSPS) is 14.7. The minimum absolute atomic E-state index is 0.120. The summed E-state index contributed by atoms with van der Waals surface area (Å²) in [6.07, 6.45) is 4.42. The van der Waals surface area contributed by atoms with Gasteiger partial charge >= 0.3 is 0 Å². The maximum absolute atomic E-state index is 14.6. The molecule has 0 fully saturated rings. The molecule has 2 nitrogen and oxygen atoms in total. The molecule has 0 aromatic heterocycles. The first-order valence-electron chi connectivity index (χ1n) is 10.1. The van der Waals surface area contributed by atoms with E-state index >= 15 is 0 Å². The Morgan fingerprint density at radius 2 is 1.73 bits per heavy atom. The summed E-state index contributed by atoms with van der Waals surface area (Å²) in [6, 6.07) is 4.84. The molecule has 0 aliphatic rings. The van der Waals surface area contributed by atoms with Gasteiger partial charge in [0.05, 0.1) is 0 Å². The van der Waals surface area contributed by atoms with Crippen LogP contribution in [0.1, 0.15) is 78.2 Å². The molecule has 0 bridgehead atoms. The van der Waals surface area contributed by atoms with Crippen molar-refractivity contribution in [1.82, 2.24) is 4.90 Å². The van der Waals surface area contributed by atoms with Crippen molar-refractivity contribution in [3.63, 3.8) is 0 Å². The van der Waals surface area contributed by atoms with Crippen molar-refractivity contribution in [2.24, 2.45) is 11.8 Å². The van der Waals surface area contributed by atoms with E-state index in [0.717, 1.165) is 45.2 Å². The maximum Gasteiger partial charge on any atom is 0.226 e. The fraction of sp³-hybridized carbons (Fsp3) is 0.682. The van der Waals surface area contributed by atoms with Gasteiger partial charge in [0.15, 0.2) is 0 Å². The molecule has 1 aromatic rings. The Morgan fingerprint density at radius 1 is 1.12 bits per heavy atom. The van der Waals surface area contributed by atoms with Gasteiger partial charge in [0.1, 0.15) is 5.82 Å². The van der Waals surface area contributed by atoms with Gasteiger partial charge in [-0.15, -0.1) is 0 Å². The molecule has 0 saturated carbocycles. The van der Waals surface area contributed by atoms with Crippen LogP contribution in [-0.2, 0) is 4.79 Å². The first kappa shape index (κ1) is 23.0. The molecule has 0 N–H and O–H groups in total. The molecule has 0 saturated heterocycles. The summed E-state index contributed by atoms with van der Waals surface area (Å²) in [4.78, 5) is 15.4. The van der Waals surface area contributed by atoms with Crippen molar-refractivity contribution in [3.8, 4) is 0 Å². The van der Waals surface area contributed by atoms with Crippen LogP contribution in [0.25, 0.3) is 0 Å². The van der Waals surface area contributed by atoms with Crippen molar-refractivity contribution in [1.29, 1.82) is 0 Å². The fourth-order valence-corrected chi connectivity index (χ4v) is 3.83. The first-order chi connectivity index (χ1) is 12.4. The second-order valence-electron chi connectivity index (χ2n) is 7.36. The Hall–Kier alpha value is -1.09. The number of nitrogens with zero attached hydrogens (tertiary/aromatic N) is 1. The summed E-state index contributed by atoms with van der Waals surface area (Å²) < 4.78 is 14.6. The van der Waals surface area contributed by atoms with Gasteiger partial charge in [-0.2, -0.15) is 0 Å². The highest BCUT2D eigenvalue weighted by atomic mass is 35.5. The number of rotatable bonds is 11. The summed E-state index contributed by atoms with van der Waals surface area (Å²) in [5.41, 5.74) is 0.617. The SMILES string of the molecule is CCCN(CCC)C(=O)C(CC(C)CC)[C@@H](CC)c1ccc(Cl)cc1F.